The second kappa shape index (κ2) is 7.64. The molecule has 0 aromatic heterocycles. The third kappa shape index (κ3) is 4.05. The molecule has 0 bridgehead atoms. The summed E-state index contributed by atoms with van der Waals surface area (Å²) in [6, 6.07) is 9.74. The predicted molar refractivity (Wildman–Crippen MR) is 97.4 cm³/mol. The van der Waals surface area contributed by atoms with E-state index in [1.807, 2.05) is 38.3 Å². The fraction of sp³-hybridized carbons (Fsp3) is 0.529. The van der Waals surface area contributed by atoms with E-state index in [1.165, 1.54) is 18.9 Å². The highest BCUT2D eigenvalue weighted by Crippen LogP contribution is 2.40. The maximum absolute atomic E-state index is 12.4. The lowest BCUT2D eigenvalue weighted by Crippen LogP contribution is -2.45. The van der Waals surface area contributed by atoms with Gasteiger partial charge in [0.05, 0.1) is 7.11 Å². The molecular weight excluding hydrogens is 330 g/mol. The Morgan fingerprint density at radius 3 is 2.61 bits per heavy atom. The number of hydrogen-bond donors (Lipinski definition) is 0. The summed E-state index contributed by atoms with van der Waals surface area (Å²) >= 11 is 6.61. The minimum Gasteiger partial charge on any atom is -0.473 e. The molecule has 1 saturated heterocycles. The first-order chi connectivity index (χ1) is 10.9. The van der Waals surface area contributed by atoms with Gasteiger partial charge in [0.15, 0.2) is 0 Å². The van der Waals surface area contributed by atoms with Gasteiger partial charge in [0, 0.05) is 18.5 Å². The number of rotatable bonds is 4. The molecule has 2 rings (SSSR count). The van der Waals surface area contributed by atoms with Crippen LogP contribution in [0.3, 0.4) is 0 Å². The summed E-state index contributed by atoms with van der Waals surface area (Å²) in [5.41, 5.74) is 0.770. The van der Waals surface area contributed by atoms with Gasteiger partial charge in [-0.15, -0.1) is 0 Å². The van der Waals surface area contributed by atoms with E-state index in [0.29, 0.717) is 17.5 Å². The lowest BCUT2D eigenvalue weighted by Gasteiger charge is -2.32. The maximum atomic E-state index is 12.4. The molecule has 6 heteroatoms. The maximum Gasteiger partial charge on any atom is 0.323 e. The van der Waals surface area contributed by atoms with Crippen molar-refractivity contribution in [2.45, 2.75) is 32.5 Å². The standard InChI is InChI=1S/C17H23NO3S2/c1-17(2)13(21-16(22)23-4)11-18(14(17)15(19)20-3)10-12-8-6-5-7-9-12/h5-9,13-14H,10-11H2,1-4H3. The largest absolute Gasteiger partial charge is 0.473 e. The van der Waals surface area contributed by atoms with E-state index in [2.05, 4.69) is 17.0 Å². The Kier molecular flexibility index (Phi) is 6.06. The molecule has 0 radical (unpaired) electrons. The zero-order valence-corrected chi connectivity index (χ0v) is 15.6. The van der Waals surface area contributed by atoms with Crippen molar-refractivity contribution in [3.8, 4) is 0 Å². The Morgan fingerprint density at radius 2 is 2.04 bits per heavy atom. The van der Waals surface area contributed by atoms with E-state index < -0.39 is 0 Å². The van der Waals surface area contributed by atoms with Crippen molar-refractivity contribution >= 4 is 34.3 Å². The third-order valence-corrected chi connectivity index (χ3v) is 5.38. The van der Waals surface area contributed by atoms with Gasteiger partial charge in [-0.25, -0.2) is 0 Å². The van der Waals surface area contributed by atoms with Crippen LogP contribution in [0.5, 0.6) is 0 Å². The molecule has 4 nitrogen and oxygen atoms in total. The lowest BCUT2D eigenvalue weighted by atomic mass is 9.82. The Labute approximate surface area is 147 Å². The zero-order chi connectivity index (χ0) is 17.0. The van der Waals surface area contributed by atoms with Gasteiger partial charge in [-0.05, 0) is 24.0 Å². The van der Waals surface area contributed by atoms with Crippen molar-refractivity contribution in [1.82, 2.24) is 4.90 Å². The number of carbonyl (C=O) groups excluding carboxylic acids is 1. The number of esters is 1. The summed E-state index contributed by atoms with van der Waals surface area (Å²) < 4.78 is 11.5. The number of ether oxygens (including phenoxy) is 2. The van der Waals surface area contributed by atoms with Gasteiger partial charge in [0.2, 0.25) is 4.38 Å². The van der Waals surface area contributed by atoms with E-state index in [-0.39, 0.29) is 23.5 Å². The van der Waals surface area contributed by atoms with Gasteiger partial charge in [0.25, 0.3) is 0 Å². The number of methoxy groups -OCH3 is 1. The molecule has 1 fully saturated rings. The summed E-state index contributed by atoms with van der Waals surface area (Å²) in [5.74, 6) is -0.230. The number of thiocarbonyl (C=S) groups is 1. The molecule has 1 aliphatic rings. The average Bonchev–Trinajstić information content (AvgIpc) is 2.77. The van der Waals surface area contributed by atoms with Crippen LogP contribution in [-0.4, -0.2) is 47.3 Å². The predicted octanol–water partition coefficient (Wildman–Crippen LogP) is 3.10. The minimum atomic E-state index is -0.387. The van der Waals surface area contributed by atoms with Crippen LogP contribution in [0.25, 0.3) is 0 Å². The minimum absolute atomic E-state index is 0.143. The number of likely N-dealkylation sites (tertiary alicyclic amines) is 1. The molecule has 1 heterocycles. The van der Waals surface area contributed by atoms with E-state index >= 15 is 0 Å². The smallest absolute Gasteiger partial charge is 0.323 e. The fourth-order valence-electron chi connectivity index (χ4n) is 3.09. The van der Waals surface area contributed by atoms with Crippen molar-refractivity contribution < 1.29 is 14.3 Å². The number of hydrogen-bond acceptors (Lipinski definition) is 6. The van der Waals surface area contributed by atoms with Crippen molar-refractivity contribution in [3.63, 3.8) is 0 Å². The quantitative estimate of drug-likeness (QED) is 0.612. The summed E-state index contributed by atoms with van der Waals surface area (Å²) in [4.78, 5) is 14.5. The molecule has 0 aliphatic carbocycles. The average molecular weight is 354 g/mol. The van der Waals surface area contributed by atoms with Crippen LogP contribution in [-0.2, 0) is 20.8 Å². The normalized spacial score (nSPS) is 23.5. The molecule has 126 valence electrons. The zero-order valence-electron chi connectivity index (χ0n) is 13.9. The summed E-state index contributed by atoms with van der Waals surface area (Å²) in [7, 11) is 1.43. The summed E-state index contributed by atoms with van der Waals surface area (Å²) in [6.45, 7) is 5.39. The highest BCUT2D eigenvalue weighted by molar-refractivity contribution is 8.22. The molecule has 1 aliphatic heterocycles. The van der Waals surface area contributed by atoms with Gasteiger partial charge in [0.1, 0.15) is 12.1 Å². The first-order valence-electron chi connectivity index (χ1n) is 7.50. The first-order valence-corrected chi connectivity index (χ1v) is 9.13. The molecular formula is C17H23NO3S2. The molecule has 23 heavy (non-hydrogen) atoms. The molecule has 1 aromatic carbocycles. The van der Waals surface area contributed by atoms with Gasteiger partial charge in [-0.3, -0.25) is 9.69 Å². The van der Waals surface area contributed by atoms with E-state index in [0.717, 1.165) is 5.56 Å². The number of nitrogens with zero attached hydrogens (tertiary/aromatic N) is 1. The van der Waals surface area contributed by atoms with Gasteiger partial charge in [-0.1, -0.05) is 55.9 Å². The van der Waals surface area contributed by atoms with Gasteiger partial charge >= 0.3 is 5.97 Å². The number of benzene rings is 1. The number of carbonyl (C=O) groups is 1. The van der Waals surface area contributed by atoms with Gasteiger partial charge in [-0.2, -0.15) is 0 Å². The summed E-state index contributed by atoms with van der Waals surface area (Å²) in [5, 5.41) is 0. The van der Waals surface area contributed by atoms with Crippen LogP contribution in [0.15, 0.2) is 30.3 Å². The van der Waals surface area contributed by atoms with E-state index in [9.17, 15) is 4.79 Å². The second-order valence-electron chi connectivity index (χ2n) is 6.22. The Morgan fingerprint density at radius 1 is 1.39 bits per heavy atom. The van der Waals surface area contributed by atoms with Crippen molar-refractivity contribution in [1.29, 1.82) is 0 Å². The molecule has 0 saturated carbocycles. The van der Waals surface area contributed by atoms with E-state index in [4.69, 9.17) is 21.7 Å². The van der Waals surface area contributed by atoms with Crippen LogP contribution in [0.2, 0.25) is 0 Å². The molecule has 0 N–H and O–H groups in total. The van der Waals surface area contributed by atoms with Crippen LogP contribution in [0, 0.1) is 5.41 Å². The SMILES string of the molecule is COC(=O)C1N(Cc2ccccc2)CC(OC(=S)SC)C1(C)C. The summed E-state index contributed by atoms with van der Waals surface area (Å²) in [6.07, 6.45) is 1.75. The molecule has 2 unspecified atom stereocenters. The Balaban J connectivity index is 2.24. The highest BCUT2D eigenvalue weighted by Gasteiger charge is 2.53. The number of thioether (sulfide) groups is 1. The van der Waals surface area contributed by atoms with E-state index in [1.54, 1.807) is 0 Å². The Bertz CT molecular complexity index is 562. The molecule has 0 spiro atoms. The van der Waals surface area contributed by atoms with Gasteiger partial charge < -0.3 is 9.47 Å². The third-order valence-electron chi connectivity index (χ3n) is 4.36. The molecule has 1 aromatic rings. The highest BCUT2D eigenvalue weighted by atomic mass is 32.2. The molecule has 2 atom stereocenters. The van der Waals surface area contributed by atoms with Crippen LogP contribution < -0.4 is 0 Å². The van der Waals surface area contributed by atoms with Crippen LogP contribution in [0.4, 0.5) is 0 Å². The fourth-order valence-corrected chi connectivity index (χ4v) is 3.42. The Hall–Kier alpha value is -1.11. The molecule has 0 amide bonds. The van der Waals surface area contributed by atoms with Crippen molar-refractivity contribution in [2.75, 3.05) is 19.9 Å². The van der Waals surface area contributed by atoms with Crippen molar-refractivity contribution in [3.05, 3.63) is 35.9 Å². The van der Waals surface area contributed by atoms with Crippen molar-refractivity contribution in [2.24, 2.45) is 5.41 Å². The van der Waals surface area contributed by atoms with Crippen LogP contribution >= 0.6 is 24.0 Å². The van der Waals surface area contributed by atoms with Crippen LogP contribution in [0.1, 0.15) is 19.4 Å². The topological polar surface area (TPSA) is 38.8 Å². The monoisotopic (exact) mass is 353 g/mol. The first kappa shape index (κ1) is 18.2. The second-order valence-corrected chi connectivity index (χ2v) is 7.63. The lowest BCUT2D eigenvalue weighted by molar-refractivity contribution is -0.149.